The van der Waals surface area contributed by atoms with Crippen LogP contribution in [0.25, 0.3) is 5.69 Å². The van der Waals surface area contributed by atoms with E-state index in [1.165, 1.54) is 5.56 Å². The first-order valence-electron chi connectivity index (χ1n) is 9.40. The van der Waals surface area contributed by atoms with Crippen LogP contribution >= 0.6 is 0 Å². The Bertz CT molecular complexity index is 880. The highest BCUT2D eigenvalue weighted by Gasteiger charge is 2.21. The van der Waals surface area contributed by atoms with Crippen molar-refractivity contribution in [3.05, 3.63) is 53.9 Å². The molecular formula is C20H25N5O2. The molecule has 1 aliphatic heterocycles. The van der Waals surface area contributed by atoms with E-state index in [0.717, 1.165) is 56.2 Å². The minimum absolute atomic E-state index is 0.634. The first kappa shape index (κ1) is 17.7. The van der Waals surface area contributed by atoms with E-state index in [4.69, 9.17) is 9.26 Å². The fourth-order valence-corrected chi connectivity index (χ4v) is 3.68. The van der Waals surface area contributed by atoms with Crippen LogP contribution in [-0.4, -0.2) is 45.0 Å². The van der Waals surface area contributed by atoms with Gasteiger partial charge < -0.3 is 9.26 Å². The SMILES string of the molecule is COc1ccccc1-n1cc(CN2CCC(Cc3noc(C)n3)CC2)cn1. The molecule has 0 aliphatic carbocycles. The van der Waals surface area contributed by atoms with Gasteiger partial charge in [-0.3, -0.25) is 4.90 Å². The molecule has 0 atom stereocenters. The average molecular weight is 367 g/mol. The smallest absolute Gasteiger partial charge is 0.223 e. The number of para-hydroxylation sites is 2. The van der Waals surface area contributed by atoms with Crippen LogP contribution in [0.1, 0.15) is 30.1 Å². The lowest BCUT2D eigenvalue weighted by Gasteiger charge is -2.31. The van der Waals surface area contributed by atoms with Crippen LogP contribution in [0.4, 0.5) is 0 Å². The highest BCUT2D eigenvalue weighted by molar-refractivity contribution is 5.46. The molecular weight excluding hydrogens is 342 g/mol. The number of rotatable bonds is 6. The van der Waals surface area contributed by atoms with E-state index in [-0.39, 0.29) is 0 Å². The van der Waals surface area contributed by atoms with Gasteiger partial charge in [-0.1, -0.05) is 17.3 Å². The van der Waals surface area contributed by atoms with Gasteiger partial charge in [-0.15, -0.1) is 0 Å². The highest BCUT2D eigenvalue weighted by Crippen LogP contribution is 2.24. The molecule has 1 saturated heterocycles. The molecule has 7 heteroatoms. The molecule has 0 saturated carbocycles. The quantitative estimate of drug-likeness (QED) is 0.667. The standard InChI is InChI=1S/C20H25N5O2/c1-15-22-20(23-27-15)11-16-7-9-24(10-8-16)13-17-12-21-25(14-17)18-5-3-4-6-19(18)26-2/h3-6,12,14,16H,7-11,13H2,1-2H3. The summed E-state index contributed by atoms with van der Waals surface area (Å²) in [5.41, 5.74) is 2.17. The van der Waals surface area contributed by atoms with Gasteiger partial charge in [0.2, 0.25) is 5.89 Å². The number of ether oxygens (including phenoxy) is 1. The summed E-state index contributed by atoms with van der Waals surface area (Å²) in [4.78, 5) is 6.81. The first-order chi connectivity index (χ1) is 13.2. The van der Waals surface area contributed by atoms with Crippen molar-refractivity contribution in [2.24, 2.45) is 5.92 Å². The lowest BCUT2D eigenvalue weighted by atomic mass is 9.93. The second-order valence-corrected chi connectivity index (χ2v) is 7.12. The number of likely N-dealkylation sites (tertiary alicyclic amines) is 1. The van der Waals surface area contributed by atoms with Crippen LogP contribution in [0.3, 0.4) is 0 Å². The zero-order chi connectivity index (χ0) is 18.6. The normalized spacial score (nSPS) is 15.9. The van der Waals surface area contributed by atoms with Gasteiger partial charge in [0, 0.05) is 31.6 Å². The van der Waals surface area contributed by atoms with Crippen LogP contribution in [-0.2, 0) is 13.0 Å². The van der Waals surface area contributed by atoms with Gasteiger partial charge in [0.05, 0.1) is 13.3 Å². The second-order valence-electron chi connectivity index (χ2n) is 7.12. The van der Waals surface area contributed by atoms with Crippen molar-refractivity contribution >= 4 is 0 Å². The molecule has 0 unspecified atom stereocenters. The number of nitrogens with zero attached hydrogens (tertiary/aromatic N) is 5. The van der Waals surface area contributed by atoms with Crippen molar-refractivity contribution in [1.29, 1.82) is 0 Å². The summed E-state index contributed by atoms with van der Waals surface area (Å²) in [6.45, 7) is 4.93. The number of hydrogen-bond donors (Lipinski definition) is 0. The number of benzene rings is 1. The van der Waals surface area contributed by atoms with E-state index in [0.29, 0.717) is 11.8 Å². The van der Waals surface area contributed by atoms with E-state index in [1.54, 1.807) is 7.11 Å². The fourth-order valence-electron chi connectivity index (χ4n) is 3.68. The second kappa shape index (κ2) is 7.92. The van der Waals surface area contributed by atoms with Crippen LogP contribution < -0.4 is 4.74 Å². The van der Waals surface area contributed by atoms with Gasteiger partial charge in [-0.2, -0.15) is 10.1 Å². The fraction of sp³-hybridized carbons (Fsp3) is 0.450. The molecule has 0 bridgehead atoms. The first-order valence-corrected chi connectivity index (χ1v) is 9.40. The maximum absolute atomic E-state index is 5.43. The molecule has 1 aromatic carbocycles. The molecule has 7 nitrogen and oxygen atoms in total. The third-order valence-electron chi connectivity index (χ3n) is 5.12. The minimum Gasteiger partial charge on any atom is -0.494 e. The van der Waals surface area contributed by atoms with Crippen LogP contribution in [0.15, 0.2) is 41.2 Å². The minimum atomic E-state index is 0.634. The number of aromatic nitrogens is 4. The molecule has 142 valence electrons. The predicted octanol–water partition coefficient (Wildman–Crippen LogP) is 3.03. The van der Waals surface area contributed by atoms with Crippen LogP contribution in [0.5, 0.6) is 5.75 Å². The van der Waals surface area contributed by atoms with Crippen molar-refractivity contribution in [2.75, 3.05) is 20.2 Å². The molecule has 0 N–H and O–H groups in total. The summed E-state index contributed by atoms with van der Waals surface area (Å²) in [6.07, 6.45) is 7.27. The number of methoxy groups -OCH3 is 1. The van der Waals surface area contributed by atoms with E-state index in [2.05, 4.69) is 26.3 Å². The van der Waals surface area contributed by atoms with Crippen LogP contribution in [0, 0.1) is 12.8 Å². The molecule has 3 aromatic rings. The van der Waals surface area contributed by atoms with E-state index in [1.807, 2.05) is 42.1 Å². The highest BCUT2D eigenvalue weighted by atomic mass is 16.5. The Balaban J connectivity index is 1.32. The third kappa shape index (κ3) is 4.19. The Kier molecular flexibility index (Phi) is 5.20. The summed E-state index contributed by atoms with van der Waals surface area (Å²) < 4.78 is 12.4. The van der Waals surface area contributed by atoms with Gasteiger partial charge in [0.1, 0.15) is 11.4 Å². The maximum atomic E-state index is 5.43. The van der Waals surface area contributed by atoms with Gasteiger partial charge >= 0.3 is 0 Å². The van der Waals surface area contributed by atoms with Crippen molar-refractivity contribution in [3.8, 4) is 11.4 Å². The summed E-state index contributed by atoms with van der Waals surface area (Å²) in [5, 5.41) is 8.54. The van der Waals surface area contributed by atoms with Gasteiger partial charge in [-0.05, 0) is 44.0 Å². The average Bonchev–Trinajstić information content (AvgIpc) is 3.32. The zero-order valence-electron chi connectivity index (χ0n) is 15.8. The Morgan fingerprint density at radius 3 is 2.78 bits per heavy atom. The van der Waals surface area contributed by atoms with Crippen molar-refractivity contribution in [1.82, 2.24) is 24.8 Å². The summed E-state index contributed by atoms with van der Waals surface area (Å²) in [5.74, 6) is 2.94. The summed E-state index contributed by atoms with van der Waals surface area (Å²) in [7, 11) is 1.68. The number of aryl methyl sites for hydroxylation is 1. The summed E-state index contributed by atoms with van der Waals surface area (Å²) >= 11 is 0. The van der Waals surface area contributed by atoms with Crippen molar-refractivity contribution < 1.29 is 9.26 Å². The maximum Gasteiger partial charge on any atom is 0.223 e. The molecule has 1 aliphatic rings. The Morgan fingerprint density at radius 1 is 1.22 bits per heavy atom. The van der Waals surface area contributed by atoms with Gasteiger partial charge in [-0.25, -0.2) is 4.68 Å². The number of piperidine rings is 1. The Hall–Kier alpha value is -2.67. The topological polar surface area (TPSA) is 69.2 Å². The molecule has 0 spiro atoms. The molecule has 1 fully saturated rings. The predicted molar refractivity (Wildman–Crippen MR) is 101 cm³/mol. The Morgan fingerprint density at radius 2 is 2.04 bits per heavy atom. The molecule has 4 rings (SSSR count). The zero-order valence-corrected chi connectivity index (χ0v) is 15.8. The van der Waals surface area contributed by atoms with E-state index < -0.39 is 0 Å². The Labute approximate surface area is 158 Å². The lowest BCUT2D eigenvalue weighted by Crippen LogP contribution is -2.33. The van der Waals surface area contributed by atoms with Gasteiger partial charge in [0.15, 0.2) is 5.82 Å². The molecule has 3 heterocycles. The largest absolute Gasteiger partial charge is 0.494 e. The van der Waals surface area contributed by atoms with E-state index >= 15 is 0 Å². The van der Waals surface area contributed by atoms with Gasteiger partial charge in [0.25, 0.3) is 0 Å². The monoisotopic (exact) mass is 367 g/mol. The van der Waals surface area contributed by atoms with E-state index in [9.17, 15) is 0 Å². The van der Waals surface area contributed by atoms with Crippen molar-refractivity contribution in [2.45, 2.75) is 32.7 Å². The molecule has 27 heavy (non-hydrogen) atoms. The van der Waals surface area contributed by atoms with Crippen LogP contribution in [0.2, 0.25) is 0 Å². The molecule has 0 radical (unpaired) electrons. The summed E-state index contributed by atoms with van der Waals surface area (Å²) in [6, 6.07) is 7.93. The number of hydrogen-bond acceptors (Lipinski definition) is 6. The lowest BCUT2D eigenvalue weighted by molar-refractivity contribution is 0.175. The molecule has 0 amide bonds. The van der Waals surface area contributed by atoms with Crippen molar-refractivity contribution in [3.63, 3.8) is 0 Å². The molecule has 2 aromatic heterocycles. The third-order valence-corrected chi connectivity index (χ3v) is 5.12.